The molecule has 242 valence electrons. The summed E-state index contributed by atoms with van der Waals surface area (Å²) in [6.45, 7) is 3.82. The van der Waals surface area contributed by atoms with Crippen molar-refractivity contribution in [1.82, 2.24) is 15.2 Å². The van der Waals surface area contributed by atoms with Crippen LogP contribution in [-0.4, -0.2) is 53.8 Å². The first-order chi connectivity index (χ1) is 22.6. The number of carbonyl (C=O) groups excluding carboxylic acids is 3. The van der Waals surface area contributed by atoms with E-state index in [2.05, 4.69) is 25.8 Å². The topological polar surface area (TPSA) is 116 Å². The minimum atomic E-state index is -4.56. The van der Waals surface area contributed by atoms with E-state index in [0.717, 1.165) is 38.2 Å². The second-order valence-electron chi connectivity index (χ2n) is 11.4. The molecule has 47 heavy (non-hydrogen) atoms. The highest BCUT2D eigenvalue weighted by atomic mass is 19.4. The number of anilines is 2. The Morgan fingerprint density at radius 2 is 1.70 bits per heavy atom. The van der Waals surface area contributed by atoms with Gasteiger partial charge in [0.2, 0.25) is 0 Å². The van der Waals surface area contributed by atoms with E-state index >= 15 is 0 Å². The number of halogens is 3. The highest BCUT2D eigenvalue weighted by Crippen LogP contribution is 2.37. The summed E-state index contributed by atoms with van der Waals surface area (Å²) in [5.41, 5.74) is 1.98. The number of H-pyrrole nitrogens is 1. The van der Waals surface area contributed by atoms with Gasteiger partial charge >= 0.3 is 6.18 Å². The van der Waals surface area contributed by atoms with Crippen molar-refractivity contribution in [2.75, 3.05) is 36.8 Å². The van der Waals surface area contributed by atoms with Crippen LogP contribution < -0.4 is 20.7 Å². The maximum absolute atomic E-state index is 13.1. The number of fused-ring (bicyclic) bond motifs is 1. The van der Waals surface area contributed by atoms with Crippen LogP contribution in [0.5, 0.6) is 11.5 Å². The Kier molecular flexibility index (Phi) is 9.12. The minimum Gasteiger partial charge on any atom is -0.457 e. The predicted octanol–water partition coefficient (Wildman–Crippen LogP) is 6.79. The average Bonchev–Trinajstić information content (AvgIpc) is 3.80. The van der Waals surface area contributed by atoms with Gasteiger partial charge in [-0.3, -0.25) is 14.4 Å². The predicted molar refractivity (Wildman–Crippen MR) is 172 cm³/mol. The van der Waals surface area contributed by atoms with Gasteiger partial charge in [0, 0.05) is 47.4 Å². The van der Waals surface area contributed by atoms with E-state index in [1.807, 2.05) is 0 Å². The Balaban J connectivity index is 1.08. The molecule has 3 aromatic carbocycles. The summed E-state index contributed by atoms with van der Waals surface area (Å²) in [5, 5.41) is 8.37. The van der Waals surface area contributed by atoms with E-state index in [0.29, 0.717) is 51.8 Å². The molecule has 4 N–H and O–H groups in total. The Bertz CT molecular complexity index is 1840. The number of aromatic amines is 1. The van der Waals surface area contributed by atoms with E-state index in [1.54, 1.807) is 54.7 Å². The van der Waals surface area contributed by atoms with Gasteiger partial charge in [0.05, 0.1) is 22.4 Å². The summed E-state index contributed by atoms with van der Waals surface area (Å²) < 4.78 is 45.1. The van der Waals surface area contributed by atoms with Gasteiger partial charge < -0.3 is 30.6 Å². The first-order valence-corrected chi connectivity index (χ1v) is 15.3. The second kappa shape index (κ2) is 13.6. The van der Waals surface area contributed by atoms with Crippen LogP contribution in [0.25, 0.3) is 11.6 Å². The van der Waals surface area contributed by atoms with Gasteiger partial charge in [0.25, 0.3) is 17.7 Å². The lowest BCUT2D eigenvalue weighted by atomic mass is 10.1. The number of benzene rings is 3. The number of rotatable bonds is 10. The fourth-order valence-corrected chi connectivity index (χ4v) is 5.59. The zero-order chi connectivity index (χ0) is 33.0. The molecule has 2 aliphatic heterocycles. The van der Waals surface area contributed by atoms with Crippen LogP contribution in [0.15, 0.2) is 79.0 Å². The lowest BCUT2D eigenvalue weighted by Gasteiger charge is -2.14. The van der Waals surface area contributed by atoms with E-state index in [1.165, 1.54) is 31.0 Å². The minimum absolute atomic E-state index is 0.133. The van der Waals surface area contributed by atoms with Gasteiger partial charge in [-0.15, -0.1) is 0 Å². The van der Waals surface area contributed by atoms with Gasteiger partial charge in [0.15, 0.2) is 0 Å². The van der Waals surface area contributed by atoms with Gasteiger partial charge in [-0.05, 0) is 93.5 Å². The molecule has 2 aliphatic rings. The van der Waals surface area contributed by atoms with Crippen LogP contribution >= 0.6 is 0 Å². The van der Waals surface area contributed by atoms with E-state index in [9.17, 15) is 27.6 Å². The fraction of sp³-hybridized carbons (Fsp3) is 0.229. The molecule has 3 amide bonds. The van der Waals surface area contributed by atoms with Gasteiger partial charge in [0.1, 0.15) is 11.5 Å². The van der Waals surface area contributed by atoms with Gasteiger partial charge in [-0.2, -0.15) is 13.2 Å². The lowest BCUT2D eigenvalue weighted by Crippen LogP contribution is -2.28. The zero-order valence-electron chi connectivity index (χ0n) is 25.2. The van der Waals surface area contributed by atoms with E-state index in [-0.39, 0.29) is 17.4 Å². The molecular weight excluding hydrogens is 611 g/mol. The molecule has 1 fully saturated rings. The third kappa shape index (κ3) is 7.72. The summed E-state index contributed by atoms with van der Waals surface area (Å²) in [6.07, 6.45) is 2.10. The number of hydrogen-bond acceptors (Lipinski definition) is 5. The summed E-state index contributed by atoms with van der Waals surface area (Å²) >= 11 is 0. The Labute approximate surface area is 268 Å². The van der Waals surface area contributed by atoms with E-state index in [4.69, 9.17) is 4.74 Å². The smallest absolute Gasteiger partial charge is 0.416 e. The first kappa shape index (κ1) is 31.6. The monoisotopic (exact) mass is 643 g/mol. The quantitative estimate of drug-likeness (QED) is 0.112. The molecule has 0 atom stereocenters. The number of likely N-dealkylation sites (tertiary alicyclic amines) is 1. The van der Waals surface area contributed by atoms with Crippen molar-refractivity contribution in [2.45, 2.75) is 25.4 Å². The van der Waals surface area contributed by atoms with E-state index < -0.39 is 17.6 Å². The molecule has 1 aromatic heterocycles. The normalized spacial score (nSPS) is 15.4. The van der Waals surface area contributed by atoms with Gasteiger partial charge in [-0.1, -0.05) is 12.1 Å². The highest BCUT2D eigenvalue weighted by Gasteiger charge is 2.31. The molecule has 1 saturated heterocycles. The van der Waals surface area contributed by atoms with Crippen molar-refractivity contribution >= 4 is 40.7 Å². The first-order valence-electron chi connectivity index (χ1n) is 15.3. The number of alkyl halides is 3. The summed E-state index contributed by atoms with van der Waals surface area (Å²) in [6, 6.07) is 17.4. The molecule has 0 spiro atoms. The second-order valence-corrected chi connectivity index (χ2v) is 11.4. The van der Waals surface area contributed by atoms with Crippen molar-refractivity contribution in [1.29, 1.82) is 0 Å². The van der Waals surface area contributed by atoms with Crippen LogP contribution in [0.1, 0.15) is 56.8 Å². The Hall–Kier alpha value is -5.36. The molecule has 0 radical (unpaired) electrons. The zero-order valence-corrected chi connectivity index (χ0v) is 25.2. The van der Waals surface area contributed by atoms with Crippen LogP contribution in [0.3, 0.4) is 0 Å². The number of nitrogens with one attached hydrogen (secondary N) is 4. The molecule has 0 saturated carbocycles. The van der Waals surface area contributed by atoms with Crippen molar-refractivity contribution in [2.24, 2.45) is 0 Å². The Morgan fingerprint density at radius 3 is 2.51 bits per heavy atom. The number of nitrogens with zero attached hydrogens (tertiary/aromatic N) is 1. The van der Waals surface area contributed by atoms with Crippen LogP contribution in [-0.2, 0) is 11.0 Å². The molecule has 0 aliphatic carbocycles. The fourth-order valence-electron chi connectivity index (χ4n) is 5.59. The molecule has 0 unspecified atom stereocenters. The molecule has 12 heteroatoms. The van der Waals surface area contributed by atoms with Crippen molar-refractivity contribution in [3.63, 3.8) is 0 Å². The van der Waals surface area contributed by atoms with Crippen molar-refractivity contribution in [3.05, 3.63) is 107 Å². The maximum atomic E-state index is 13.1. The average molecular weight is 644 g/mol. The van der Waals surface area contributed by atoms with Crippen molar-refractivity contribution < 1.29 is 32.3 Å². The third-order valence-corrected chi connectivity index (χ3v) is 7.96. The van der Waals surface area contributed by atoms with Crippen molar-refractivity contribution in [3.8, 4) is 11.5 Å². The molecule has 4 aromatic rings. The number of amides is 3. The molecule has 0 bridgehead atoms. The Morgan fingerprint density at radius 1 is 0.915 bits per heavy atom. The van der Waals surface area contributed by atoms with Gasteiger partial charge in [-0.25, -0.2) is 0 Å². The molecule has 3 heterocycles. The SMILES string of the molecule is O=C1Nc2cc(Oc3cccc(NC(=O)c4cccc(C(F)(F)F)c4)c3)ccc2C1=Cc1cc(C(=O)NCCCN2CCCC2)c[nH]1. The number of hydrogen-bond donors (Lipinski definition) is 4. The summed E-state index contributed by atoms with van der Waals surface area (Å²) in [4.78, 5) is 43.5. The summed E-state index contributed by atoms with van der Waals surface area (Å²) in [5.74, 6) is -0.408. The highest BCUT2D eigenvalue weighted by molar-refractivity contribution is 6.35. The number of ether oxygens (including phenoxy) is 1. The molecule has 9 nitrogen and oxygen atoms in total. The third-order valence-electron chi connectivity index (χ3n) is 7.96. The summed E-state index contributed by atoms with van der Waals surface area (Å²) in [7, 11) is 0. The van der Waals surface area contributed by atoms with Crippen LogP contribution in [0.2, 0.25) is 0 Å². The number of carbonyl (C=O) groups is 3. The number of aromatic nitrogens is 1. The standard InChI is InChI=1S/C35H32F3N5O4/c36-35(37,38)24-7-3-6-22(16-24)33(45)41-25-8-4-9-27(18-25)47-28-10-11-29-30(34(46)42-31(29)20-28)19-26-17-23(21-40-26)32(44)39-12-5-15-43-13-1-2-14-43/h3-4,6-11,16-21,40H,1-2,5,12-15H2,(H,39,44)(H,41,45)(H,42,46). The molecule has 6 rings (SSSR count). The van der Waals surface area contributed by atoms with Crippen LogP contribution in [0, 0.1) is 0 Å². The lowest BCUT2D eigenvalue weighted by molar-refractivity contribution is -0.137. The van der Waals surface area contributed by atoms with Crippen LogP contribution in [0.4, 0.5) is 24.5 Å². The largest absolute Gasteiger partial charge is 0.457 e. The maximum Gasteiger partial charge on any atom is 0.416 e. The molecular formula is C35H32F3N5O4.